The topological polar surface area (TPSA) is 104 Å². The smallest absolute Gasteiger partial charge is 0.475 e. The van der Waals surface area contributed by atoms with Crippen molar-refractivity contribution in [2.45, 2.75) is 19.1 Å². The van der Waals surface area contributed by atoms with Crippen molar-refractivity contribution >= 4 is 34.4 Å². The Labute approximate surface area is 150 Å². The number of carboxylic acid groups (broad SMARTS) is 1. The fraction of sp³-hybridized carbons (Fsp3) is 0.200. The van der Waals surface area contributed by atoms with Gasteiger partial charge in [-0.15, -0.1) is 0 Å². The van der Waals surface area contributed by atoms with Gasteiger partial charge < -0.3 is 15.4 Å². The van der Waals surface area contributed by atoms with Crippen LogP contribution in [0.2, 0.25) is 5.28 Å². The predicted octanol–water partition coefficient (Wildman–Crippen LogP) is 3.81. The maximum absolute atomic E-state index is 10.6. The molecule has 0 spiro atoms. The van der Waals surface area contributed by atoms with E-state index in [0.29, 0.717) is 5.82 Å². The van der Waals surface area contributed by atoms with Crippen molar-refractivity contribution in [1.29, 1.82) is 0 Å². The molecule has 3 aromatic rings. The molecule has 1 atom stereocenters. The number of H-pyrrole nitrogens is 1. The van der Waals surface area contributed by atoms with E-state index in [0.717, 1.165) is 16.7 Å². The fourth-order valence-electron chi connectivity index (χ4n) is 1.94. The van der Waals surface area contributed by atoms with E-state index in [1.807, 2.05) is 37.4 Å². The number of carboxylic acids is 1. The Hall–Kier alpha value is -2.88. The van der Waals surface area contributed by atoms with E-state index < -0.39 is 12.1 Å². The average molecular weight is 388 g/mol. The van der Waals surface area contributed by atoms with E-state index in [1.54, 1.807) is 6.20 Å². The van der Waals surface area contributed by atoms with Gasteiger partial charge in [-0.3, -0.25) is 4.98 Å². The number of rotatable bonds is 3. The van der Waals surface area contributed by atoms with Crippen LogP contribution in [0.5, 0.6) is 0 Å². The van der Waals surface area contributed by atoms with Crippen LogP contribution in [0.3, 0.4) is 0 Å². The van der Waals surface area contributed by atoms with Crippen LogP contribution in [0.25, 0.3) is 11.0 Å². The second kappa shape index (κ2) is 8.00. The minimum Gasteiger partial charge on any atom is -0.475 e. The van der Waals surface area contributed by atoms with Crippen molar-refractivity contribution in [2.24, 2.45) is 0 Å². The molecule has 3 aromatic heterocycles. The normalized spacial score (nSPS) is 12.2. The number of hydrogen-bond donors (Lipinski definition) is 3. The highest BCUT2D eigenvalue weighted by molar-refractivity contribution is 6.28. The summed E-state index contributed by atoms with van der Waals surface area (Å²) < 4.78 is 31.7. The van der Waals surface area contributed by atoms with Gasteiger partial charge in [0.15, 0.2) is 0 Å². The number of carbonyl (C=O) groups is 1. The largest absolute Gasteiger partial charge is 0.490 e. The second-order valence-corrected chi connectivity index (χ2v) is 5.34. The van der Waals surface area contributed by atoms with E-state index in [-0.39, 0.29) is 11.3 Å². The number of aromatic amines is 1. The van der Waals surface area contributed by atoms with Gasteiger partial charge in [0, 0.05) is 12.4 Å². The Morgan fingerprint density at radius 2 is 2.00 bits per heavy atom. The molecule has 0 aliphatic rings. The lowest BCUT2D eigenvalue weighted by atomic mass is 10.2. The molecular formula is C15H13ClF3N5O2. The first-order valence-electron chi connectivity index (χ1n) is 7.16. The summed E-state index contributed by atoms with van der Waals surface area (Å²) in [6, 6.07) is 7.76. The Morgan fingerprint density at radius 3 is 2.58 bits per heavy atom. The monoisotopic (exact) mass is 387 g/mol. The summed E-state index contributed by atoms with van der Waals surface area (Å²) in [7, 11) is 0. The molecule has 3 N–H and O–H groups in total. The van der Waals surface area contributed by atoms with E-state index in [2.05, 4.69) is 25.3 Å². The molecule has 7 nitrogen and oxygen atoms in total. The third kappa shape index (κ3) is 5.06. The molecule has 0 aromatic carbocycles. The van der Waals surface area contributed by atoms with E-state index in [4.69, 9.17) is 21.5 Å². The van der Waals surface area contributed by atoms with Crippen LogP contribution >= 0.6 is 11.6 Å². The van der Waals surface area contributed by atoms with E-state index in [1.165, 1.54) is 0 Å². The minimum absolute atomic E-state index is 0.0327. The van der Waals surface area contributed by atoms with Gasteiger partial charge in [0.2, 0.25) is 5.28 Å². The zero-order valence-electron chi connectivity index (χ0n) is 13.3. The lowest BCUT2D eigenvalue weighted by Crippen LogP contribution is -2.21. The van der Waals surface area contributed by atoms with E-state index in [9.17, 15) is 13.2 Å². The molecule has 0 aliphatic carbocycles. The van der Waals surface area contributed by atoms with Crippen molar-refractivity contribution in [3.05, 3.63) is 47.6 Å². The van der Waals surface area contributed by atoms with Crippen LogP contribution in [-0.2, 0) is 4.79 Å². The molecule has 3 rings (SSSR count). The fourth-order valence-corrected chi connectivity index (χ4v) is 2.10. The second-order valence-electron chi connectivity index (χ2n) is 5.00. The Kier molecular flexibility index (Phi) is 5.98. The van der Waals surface area contributed by atoms with Gasteiger partial charge >= 0.3 is 12.1 Å². The summed E-state index contributed by atoms with van der Waals surface area (Å²) in [6.07, 6.45) is -1.50. The third-order valence-corrected chi connectivity index (χ3v) is 3.28. The van der Waals surface area contributed by atoms with Gasteiger partial charge in [0.1, 0.15) is 11.5 Å². The Morgan fingerprint density at radius 1 is 1.31 bits per heavy atom. The lowest BCUT2D eigenvalue weighted by Gasteiger charge is -2.14. The molecule has 26 heavy (non-hydrogen) atoms. The van der Waals surface area contributed by atoms with Crippen LogP contribution in [0.1, 0.15) is 18.7 Å². The number of aliphatic carboxylic acids is 1. The van der Waals surface area contributed by atoms with Gasteiger partial charge in [0.05, 0.1) is 17.1 Å². The quantitative estimate of drug-likeness (QED) is 0.590. The van der Waals surface area contributed by atoms with Gasteiger partial charge in [-0.2, -0.15) is 18.2 Å². The Bertz CT molecular complexity index is 886. The first-order valence-corrected chi connectivity index (χ1v) is 7.54. The number of alkyl halides is 3. The molecule has 0 bridgehead atoms. The molecule has 0 radical (unpaired) electrons. The maximum Gasteiger partial charge on any atom is 0.490 e. The zero-order valence-corrected chi connectivity index (χ0v) is 14.0. The molecule has 0 saturated carbocycles. The summed E-state index contributed by atoms with van der Waals surface area (Å²) in [6.45, 7) is 2.02. The lowest BCUT2D eigenvalue weighted by molar-refractivity contribution is -0.192. The first-order chi connectivity index (χ1) is 12.2. The molecule has 0 saturated heterocycles. The number of fused-ring (bicyclic) bond motifs is 1. The minimum atomic E-state index is -5.08. The van der Waals surface area contributed by atoms with Gasteiger partial charge in [-0.1, -0.05) is 6.07 Å². The van der Waals surface area contributed by atoms with Crippen molar-refractivity contribution in [1.82, 2.24) is 19.9 Å². The SMILES string of the molecule is CC(Nc1nc(Cl)nc2[nH]ccc12)c1ccccn1.O=C(O)C(F)(F)F. The molecule has 0 amide bonds. The maximum atomic E-state index is 10.6. The van der Waals surface area contributed by atoms with Crippen LogP contribution < -0.4 is 5.32 Å². The number of hydrogen-bond acceptors (Lipinski definition) is 5. The highest BCUT2D eigenvalue weighted by Crippen LogP contribution is 2.24. The molecule has 11 heteroatoms. The highest BCUT2D eigenvalue weighted by atomic mass is 35.5. The third-order valence-electron chi connectivity index (χ3n) is 3.12. The highest BCUT2D eigenvalue weighted by Gasteiger charge is 2.38. The summed E-state index contributed by atoms with van der Waals surface area (Å²) in [5.41, 5.74) is 1.66. The van der Waals surface area contributed by atoms with Crippen LogP contribution in [0.4, 0.5) is 19.0 Å². The Balaban J connectivity index is 0.000000298. The number of pyridine rings is 1. The van der Waals surface area contributed by atoms with Gasteiger partial charge in [-0.05, 0) is 36.7 Å². The van der Waals surface area contributed by atoms with Crippen molar-refractivity contribution in [2.75, 3.05) is 5.32 Å². The first kappa shape index (κ1) is 19.4. The summed E-state index contributed by atoms with van der Waals surface area (Å²) >= 11 is 5.91. The predicted molar refractivity (Wildman–Crippen MR) is 88.9 cm³/mol. The van der Waals surface area contributed by atoms with Crippen LogP contribution in [-0.4, -0.2) is 37.2 Å². The molecule has 0 fully saturated rings. The van der Waals surface area contributed by atoms with Crippen molar-refractivity contribution in [3.63, 3.8) is 0 Å². The number of aromatic nitrogens is 4. The molecule has 3 heterocycles. The van der Waals surface area contributed by atoms with E-state index >= 15 is 0 Å². The van der Waals surface area contributed by atoms with Crippen LogP contribution in [0.15, 0.2) is 36.7 Å². The summed E-state index contributed by atoms with van der Waals surface area (Å²) in [5.74, 6) is -2.05. The average Bonchev–Trinajstić information content (AvgIpc) is 3.03. The van der Waals surface area contributed by atoms with Crippen molar-refractivity contribution in [3.8, 4) is 0 Å². The molecular weight excluding hydrogens is 375 g/mol. The van der Waals surface area contributed by atoms with Crippen LogP contribution in [0, 0.1) is 0 Å². The summed E-state index contributed by atoms with van der Waals surface area (Å²) in [5, 5.41) is 11.6. The van der Waals surface area contributed by atoms with Gasteiger partial charge in [-0.25, -0.2) is 9.78 Å². The number of anilines is 1. The number of nitrogens with one attached hydrogen (secondary N) is 2. The van der Waals surface area contributed by atoms with Crippen molar-refractivity contribution < 1.29 is 23.1 Å². The molecule has 1 unspecified atom stereocenters. The standard InChI is InChI=1S/C13H12ClN5.C2HF3O2/c1-8(10-4-2-3-6-15-10)17-12-9-5-7-16-11(9)18-13(14)19-12;3-2(4,5)1(6)7/h2-8H,1H3,(H2,16,17,18,19);(H,6,7). The number of nitrogens with zero attached hydrogens (tertiary/aromatic N) is 3. The number of halogens is 4. The zero-order chi connectivity index (χ0) is 19.3. The summed E-state index contributed by atoms with van der Waals surface area (Å²) in [4.78, 5) is 24.6. The molecule has 0 aliphatic heterocycles. The molecule has 138 valence electrons. The van der Waals surface area contributed by atoms with Gasteiger partial charge in [0.25, 0.3) is 0 Å².